The molecule has 1 unspecified atom stereocenters. The number of aliphatic carboxylic acids is 2. The Morgan fingerprint density at radius 3 is 2.53 bits per heavy atom. The maximum atomic E-state index is 13.9. The normalized spacial score (nSPS) is 14.4. The molecule has 3 aromatic rings. The van der Waals surface area contributed by atoms with Crippen LogP contribution in [0.4, 0.5) is 10.2 Å². The third-order valence-electron chi connectivity index (χ3n) is 5.30. The smallest absolute Gasteiger partial charge is 0.414 e. The van der Waals surface area contributed by atoms with E-state index >= 15 is 0 Å². The Hall–Kier alpha value is -3.48. The number of rotatable bonds is 5. The number of nitrogens with zero attached hydrogens (tertiary/aromatic N) is 4. The van der Waals surface area contributed by atoms with Gasteiger partial charge in [0.15, 0.2) is 5.82 Å². The standard InChI is InChI=1S/C20H21Cl2FN6O.C2H2O4/c1-11(17-14(21)2-3-15(23)18(17)22)30-20-19(24)26-9-16(28-20)12-8-27-29(10-12)13-4-6-25-7-5-13;3-1(4)2(5)6/h2-3,8-11,13,25H,4-7H2,1H3,(H2,24,26);(H,3,4)(H,5,6). The molecule has 0 aliphatic carbocycles. The van der Waals surface area contributed by atoms with E-state index in [9.17, 15) is 4.39 Å². The first kappa shape index (κ1) is 27.1. The molecule has 36 heavy (non-hydrogen) atoms. The molecule has 1 atom stereocenters. The molecular weight excluding hydrogens is 518 g/mol. The van der Waals surface area contributed by atoms with E-state index < -0.39 is 23.9 Å². The van der Waals surface area contributed by atoms with Crippen molar-refractivity contribution in [3.8, 4) is 17.1 Å². The molecule has 2 aromatic heterocycles. The Labute approximate surface area is 215 Å². The lowest BCUT2D eigenvalue weighted by Gasteiger charge is -2.22. The van der Waals surface area contributed by atoms with Gasteiger partial charge in [0.05, 0.1) is 29.2 Å². The fourth-order valence-corrected chi connectivity index (χ4v) is 4.17. The first-order valence-electron chi connectivity index (χ1n) is 10.7. The van der Waals surface area contributed by atoms with E-state index in [0.29, 0.717) is 22.3 Å². The molecule has 0 saturated carbocycles. The van der Waals surface area contributed by atoms with Crippen molar-refractivity contribution in [2.24, 2.45) is 0 Å². The Morgan fingerprint density at radius 2 is 1.89 bits per heavy atom. The molecular formula is C22H23Cl2FN6O5. The number of halogens is 3. The summed E-state index contributed by atoms with van der Waals surface area (Å²) in [4.78, 5) is 26.9. The van der Waals surface area contributed by atoms with Gasteiger partial charge in [0.2, 0.25) is 0 Å². The molecule has 11 nitrogen and oxygen atoms in total. The molecule has 4 rings (SSSR count). The number of ether oxygens (including phenoxy) is 1. The van der Waals surface area contributed by atoms with E-state index in [1.54, 1.807) is 19.3 Å². The predicted octanol–water partition coefficient (Wildman–Crippen LogP) is 3.59. The summed E-state index contributed by atoms with van der Waals surface area (Å²) in [5.41, 5.74) is 7.66. The first-order chi connectivity index (χ1) is 17.1. The zero-order valence-electron chi connectivity index (χ0n) is 19.0. The lowest BCUT2D eigenvalue weighted by atomic mass is 10.1. The number of nitrogen functional groups attached to an aromatic ring is 1. The van der Waals surface area contributed by atoms with E-state index in [4.69, 9.17) is 53.5 Å². The number of hydrogen-bond acceptors (Lipinski definition) is 8. The van der Waals surface area contributed by atoms with Crippen LogP contribution in [0.2, 0.25) is 10.0 Å². The molecule has 5 N–H and O–H groups in total. The highest BCUT2D eigenvalue weighted by molar-refractivity contribution is 6.36. The van der Waals surface area contributed by atoms with E-state index in [1.165, 1.54) is 12.1 Å². The van der Waals surface area contributed by atoms with Crippen LogP contribution in [0.15, 0.2) is 30.7 Å². The average Bonchev–Trinajstić information content (AvgIpc) is 3.34. The van der Waals surface area contributed by atoms with Crippen LogP contribution in [0.5, 0.6) is 5.88 Å². The Balaban J connectivity index is 0.000000538. The van der Waals surface area contributed by atoms with E-state index in [0.717, 1.165) is 31.5 Å². The van der Waals surface area contributed by atoms with Gasteiger partial charge in [-0.15, -0.1) is 0 Å². The first-order valence-corrected chi connectivity index (χ1v) is 11.5. The van der Waals surface area contributed by atoms with Gasteiger partial charge in [-0.25, -0.2) is 23.9 Å². The molecule has 1 aliphatic rings. The van der Waals surface area contributed by atoms with Crippen molar-refractivity contribution in [3.63, 3.8) is 0 Å². The number of hydrogen-bond donors (Lipinski definition) is 4. The number of carboxylic acids is 2. The molecule has 14 heteroatoms. The van der Waals surface area contributed by atoms with Gasteiger partial charge in [0.25, 0.3) is 5.88 Å². The number of aromatic nitrogens is 4. The number of anilines is 1. The van der Waals surface area contributed by atoms with Gasteiger partial charge >= 0.3 is 11.9 Å². The second-order valence-corrected chi connectivity index (χ2v) is 8.55. The lowest BCUT2D eigenvalue weighted by molar-refractivity contribution is -0.159. The van der Waals surface area contributed by atoms with Crippen molar-refractivity contribution in [2.75, 3.05) is 18.8 Å². The van der Waals surface area contributed by atoms with Crippen LogP contribution in [-0.2, 0) is 9.59 Å². The maximum absolute atomic E-state index is 13.9. The number of nitrogens with two attached hydrogens (primary N) is 1. The van der Waals surface area contributed by atoms with Crippen LogP contribution in [0.25, 0.3) is 11.3 Å². The minimum atomic E-state index is -1.82. The van der Waals surface area contributed by atoms with E-state index in [-0.39, 0.29) is 16.7 Å². The molecule has 3 heterocycles. The molecule has 0 amide bonds. The van der Waals surface area contributed by atoms with Crippen molar-refractivity contribution in [1.82, 2.24) is 25.1 Å². The zero-order chi connectivity index (χ0) is 26.4. The number of carbonyl (C=O) groups is 2. The third-order valence-corrected chi connectivity index (χ3v) is 6.02. The van der Waals surface area contributed by atoms with Gasteiger partial charge in [0.1, 0.15) is 11.9 Å². The van der Waals surface area contributed by atoms with Crippen molar-refractivity contribution >= 4 is 41.0 Å². The molecule has 192 valence electrons. The highest BCUT2D eigenvalue weighted by atomic mass is 35.5. The van der Waals surface area contributed by atoms with Gasteiger partial charge in [-0.3, -0.25) is 4.68 Å². The largest absolute Gasteiger partial charge is 0.473 e. The molecule has 0 radical (unpaired) electrons. The SMILES string of the molecule is CC(Oc1nc(-c2cnn(C3CCNCC3)c2)cnc1N)c1c(Cl)ccc(F)c1Cl.O=C(O)C(=O)O. The highest BCUT2D eigenvalue weighted by Crippen LogP contribution is 2.35. The minimum Gasteiger partial charge on any atom is -0.473 e. The fraction of sp³-hybridized carbons (Fsp3) is 0.318. The summed E-state index contributed by atoms with van der Waals surface area (Å²) in [6.45, 7) is 3.64. The highest BCUT2D eigenvalue weighted by Gasteiger charge is 2.21. The minimum absolute atomic E-state index is 0.0964. The molecule has 0 spiro atoms. The maximum Gasteiger partial charge on any atom is 0.414 e. The van der Waals surface area contributed by atoms with Crippen LogP contribution >= 0.6 is 23.2 Å². The van der Waals surface area contributed by atoms with Crippen LogP contribution in [0.3, 0.4) is 0 Å². The predicted molar refractivity (Wildman–Crippen MR) is 130 cm³/mol. The Morgan fingerprint density at radius 1 is 1.22 bits per heavy atom. The Bertz CT molecular complexity index is 1240. The van der Waals surface area contributed by atoms with Gasteiger partial charge in [0, 0.05) is 22.3 Å². The van der Waals surface area contributed by atoms with Crippen molar-refractivity contribution in [1.29, 1.82) is 0 Å². The quantitative estimate of drug-likeness (QED) is 0.277. The summed E-state index contributed by atoms with van der Waals surface area (Å²) in [6.07, 6.45) is 6.62. The monoisotopic (exact) mass is 540 g/mol. The van der Waals surface area contributed by atoms with Gasteiger partial charge < -0.3 is 26.0 Å². The zero-order valence-corrected chi connectivity index (χ0v) is 20.5. The van der Waals surface area contributed by atoms with Crippen molar-refractivity contribution < 1.29 is 28.9 Å². The number of nitrogens with one attached hydrogen (secondary N) is 1. The van der Waals surface area contributed by atoms with Gasteiger partial charge in [-0.05, 0) is 45.0 Å². The summed E-state index contributed by atoms with van der Waals surface area (Å²) in [5.74, 6) is -4.00. The Kier molecular flexibility index (Phi) is 9.02. The summed E-state index contributed by atoms with van der Waals surface area (Å²) in [6, 6.07) is 2.99. The van der Waals surface area contributed by atoms with Gasteiger partial charge in [-0.1, -0.05) is 23.2 Å². The van der Waals surface area contributed by atoms with E-state index in [1.807, 2.05) is 10.9 Å². The van der Waals surface area contributed by atoms with Gasteiger partial charge in [-0.2, -0.15) is 5.10 Å². The average molecular weight is 541 g/mol. The molecule has 1 saturated heterocycles. The third kappa shape index (κ3) is 6.59. The second kappa shape index (κ2) is 12.0. The van der Waals surface area contributed by atoms with Crippen LogP contribution in [-0.4, -0.2) is 55.0 Å². The van der Waals surface area contributed by atoms with Crippen LogP contribution in [0.1, 0.15) is 37.5 Å². The lowest BCUT2D eigenvalue weighted by Crippen LogP contribution is -2.29. The number of carboxylic acid groups (broad SMARTS) is 2. The summed E-state index contributed by atoms with van der Waals surface area (Å²) in [5, 5.41) is 22.8. The van der Waals surface area contributed by atoms with Crippen LogP contribution < -0.4 is 15.8 Å². The topological polar surface area (TPSA) is 165 Å². The summed E-state index contributed by atoms with van der Waals surface area (Å²) in [7, 11) is 0. The number of benzene rings is 1. The molecule has 0 bridgehead atoms. The second-order valence-electron chi connectivity index (χ2n) is 7.76. The summed E-state index contributed by atoms with van der Waals surface area (Å²) >= 11 is 12.3. The van der Waals surface area contributed by atoms with Crippen molar-refractivity contribution in [2.45, 2.75) is 31.9 Å². The van der Waals surface area contributed by atoms with Crippen LogP contribution in [0, 0.1) is 5.82 Å². The fourth-order valence-electron chi connectivity index (χ4n) is 3.49. The van der Waals surface area contributed by atoms with Crippen molar-refractivity contribution in [3.05, 3.63) is 52.1 Å². The molecule has 1 aromatic carbocycles. The summed E-state index contributed by atoms with van der Waals surface area (Å²) < 4.78 is 21.7. The van der Waals surface area contributed by atoms with E-state index in [2.05, 4.69) is 20.4 Å². The molecule has 1 aliphatic heterocycles. The number of piperidine rings is 1. The molecule has 1 fully saturated rings.